The van der Waals surface area contributed by atoms with Gasteiger partial charge in [0.2, 0.25) is 11.8 Å². The molecule has 6 nitrogen and oxygen atoms in total. The Labute approximate surface area is 172 Å². The van der Waals surface area contributed by atoms with Crippen LogP contribution in [0.25, 0.3) is 0 Å². The second kappa shape index (κ2) is 9.96. The Kier molecular flexibility index (Phi) is 7.11. The molecular weight excluding hydrogens is 366 g/mol. The number of unbranched alkanes of at least 4 members (excludes halogenated alkanes) is 1. The Morgan fingerprint density at radius 3 is 2.52 bits per heavy atom. The molecule has 0 aromatic heterocycles. The van der Waals surface area contributed by atoms with Crippen LogP contribution in [0.15, 0.2) is 42.5 Å². The molecule has 0 spiro atoms. The first-order valence-corrected chi connectivity index (χ1v) is 10.2. The maximum Gasteiger partial charge on any atom is 0.243 e. The molecule has 0 bridgehead atoms. The Bertz CT molecular complexity index is 862. The summed E-state index contributed by atoms with van der Waals surface area (Å²) in [5.74, 6) is 0.827. The molecule has 0 atom stereocenters. The molecule has 0 radical (unpaired) electrons. The molecule has 0 saturated heterocycles. The molecule has 154 valence electrons. The summed E-state index contributed by atoms with van der Waals surface area (Å²) in [6, 6.07) is 13.1. The molecule has 1 aliphatic rings. The predicted octanol–water partition coefficient (Wildman–Crippen LogP) is 4.57. The first-order valence-electron chi connectivity index (χ1n) is 10.2. The molecule has 0 aliphatic heterocycles. The van der Waals surface area contributed by atoms with Crippen molar-refractivity contribution in [3.8, 4) is 5.75 Å². The largest absolute Gasteiger partial charge is 0.494 e. The van der Waals surface area contributed by atoms with Gasteiger partial charge in [0.05, 0.1) is 13.2 Å². The molecule has 29 heavy (non-hydrogen) atoms. The van der Waals surface area contributed by atoms with Crippen molar-refractivity contribution in [3.05, 3.63) is 48.0 Å². The van der Waals surface area contributed by atoms with Gasteiger partial charge in [-0.05, 0) is 56.0 Å². The number of hydrogen-bond donors (Lipinski definition) is 3. The summed E-state index contributed by atoms with van der Waals surface area (Å²) in [5, 5.41) is 8.99. The van der Waals surface area contributed by atoms with Gasteiger partial charge in [0.25, 0.3) is 0 Å². The summed E-state index contributed by atoms with van der Waals surface area (Å²) in [7, 11) is 0. The summed E-state index contributed by atoms with van der Waals surface area (Å²) in [4.78, 5) is 24.4. The Morgan fingerprint density at radius 2 is 1.79 bits per heavy atom. The summed E-state index contributed by atoms with van der Waals surface area (Å²) < 4.78 is 5.70. The number of benzene rings is 2. The third kappa shape index (κ3) is 6.24. The van der Waals surface area contributed by atoms with Crippen molar-refractivity contribution >= 4 is 28.9 Å². The van der Waals surface area contributed by atoms with E-state index < -0.39 is 0 Å². The van der Waals surface area contributed by atoms with E-state index in [0.717, 1.165) is 48.4 Å². The fourth-order valence-electron chi connectivity index (χ4n) is 2.89. The molecule has 1 aliphatic carbocycles. The molecule has 1 saturated carbocycles. The van der Waals surface area contributed by atoms with Crippen LogP contribution in [0.1, 0.15) is 38.2 Å². The molecule has 3 rings (SSSR count). The lowest BCUT2D eigenvalue weighted by Gasteiger charge is -2.14. The van der Waals surface area contributed by atoms with E-state index in [2.05, 4.69) is 22.9 Å². The highest BCUT2D eigenvalue weighted by Crippen LogP contribution is 2.31. The van der Waals surface area contributed by atoms with Crippen molar-refractivity contribution in [3.63, 3.8) is 0 Å². The maximum absolute atomic E-state index is 12.4. The Balaban J connectivity index is 1.53. The average Bonchev–Trinajstić information content (AvgIpc) is 3.55. The second-order valence-electron chi connectivity index (χ2n) is 7.37. The van der Waals surface area contributed by atoms with Crippen LogP contribution in [0.5, 0.6) is 5.75 Å². The van der Waals surface area contributed by atoms with Gasteiger partial charge < -0.3 is 20.7 Å². The van der Waals surface area contributed by atoms with E-state index in [1.54, 1.807) is 0 Å². The lowest BCUT2D eigenvalue weighted by molar-refractivity contribution is -0.117. The molecule has 1 fully saturated rings. The molecule has 3 N–H and O–H groups in total. The van der Waals surface area contributed by atoms with Crippen LogP contribution >= 0.6 is 0 Å². The molecular formula is C23H29N3O3. The number of rotatable bonds is 10. The normalized spacial score (nSPS) is 12.9. The number of carbonyl (C=O) groups is 2. The minimum absolute atomic E-state index is 0.0549. The third-order valence-corrected chi connectivity index (χ3v) is 4.87. The fourth-order valence-corrected chi connectivity index (χ4v) is 2.89. The molecule has 2 aromatic rings. The average molecular weight is 396 g/mol. The van der Waals surface area contributed by atoms with E-state index in [-0.39, 0.29) is 24.3 Å². The predicted molar refractivity (Wildman–Crippen MR) is 116 cm³/mol. The van der Waals surface area contributed by atoms with Gasteiger partial charge in [-0.2, -0.15) is 0 Å². The SMILES string of the molecule is CCCCOc1cccc(NCC(=O)Nc2cccc(NC(=O)C3CC3)c2C)c1. The fraction of sp³-hybridized carbons (Fsp3) is 0.391. The van der Waals surface area contributed by atoms with Gasteiger partial charge in [0, 0.05) is 29.0 Å². The summed E-state index contributed by atoms with van der Waals surface area (Å²) >= 11 is 0. The van der Waals surface area contributed by atoms with Gasteiger partial charge in [-0.25, -0.2) is 0 Å². The summed E-state index contributed by atoms with van der Waals surface area (Å²) in [5.41, 5.74) is 3.11. The van der Waals surface area contributed by atoms with E-state index in [0.29, 0.717) is 12.3 Å². The van der Waals surface area contributed by atoms with Gasteiger partial charge in [-0.1, -0.05) is 25.5 Å². The standard InChI is InChI=1S/C23H29N3O3/c1-3-4-13-29-19-8-5-7-18(14-19)24-15-22(27)25-20-9-6-10-21(16(20)2)26-23(28)17-11-12-17/h5-10,14,17,24H,3-4,11-13,15H2,1-2H3,(H,25,27)(H,26,28). The number of nitrogens with one attached hydrogen (secondary N) is 3. The highest BCUT2D eigenvalue weighted by molar-refractivity contribution is 5.98. The van der Waals surface area contributed by atoms with Crippen LogP contribution < -0.4 is 20.7 Å². The van der Waals surface area contributed by atoms with Crippen molar-refractivity contribution < 1.29 is 14.3 Å². The van der Waals surface area contributed by atoms with Gasteiger partial charge in [0.1, 0.15) is 5.75 Å². The highest BCUT2D eigenvalue weighted by Gasteiger charge is 2.29. The van der Waals surface area contributed by atoms with Crippen molar-refractivity contribution in [1.82, 2.24) is 0 Å². The number of carbonyl (C=O) groups excluding carboxylic acids is 2. The van der Waals surface area contributed by atoms with Crippen LogP contribution in [-0.2, 0) is 9.59 Å². The molecule has 2 aromatic carbocycles. The third-order valence-electron chi connectivity index (χ3n) is 4.87. The summed E-state index contributed by atoms with van der Waals surface area (Å²) in [6.07, 6.45) is 4.01. The topological polar surface area (TPSA) is 79.5 Å². The lowest BCUT2D eigenvalue weighted by atomic mass is 10.1. The smallest absolute Gasteiger partial charge is 0.243 e. The van der Waals surface area contributed by atoms with Crippen molar-refractivity contribution in [2.24, 2.45) is 5.92 Å². The van der Waals surface area contributed by atoms with Crippen LogP contribution in [-0.4, -0.2) is 25.0 Å². The van der Waals surface area contributed by atoms with Crippen molar-refractivity contribution in [2.75, 3.05) is 29.1 Å². The quantitative estimate of drug-likeness (QED) is 0.515. The Hall–Kier alpha value is -3.02. The number of amides is 2. The van der Waals surface area contributed by atoms with E-state index in [1.165, 1.54) is 0 Å². The van der Waals surface area contributed by atoms with Gasteiger partial charge >= 0.3 is 0 Å². The van der Waals surface area contributed by atoms with E-state index in [9.17, 15) is 9.59 Å². The number of anilines is 3. The second-order valence-corrected chi connectivity index (χ2v) is 7.37. The monoisotopic (exact) mass is 395 g/mol. The zero-order chi connectivity index (χ0) is 20.6. The first-order chi connectivity index (χ1) is 14.1. The van der Waals surface area contributed by atoms with E-state index in [4.69, 9.17) is 4.74 Å². The number of hydrogen-bond acceptors (Lipinski definition) is 4. The molecule has 2 amide bonds. The molecule has 0 heterocycles. The van der Waals surface area contributed by atoms with Crippen LogP contribution in [0.4, 0.5) is 17.1 Å². The Morgan fingerprint density at radius 1 is 1.07 bits per heavy atom. The minimum atomic E-state index is -0.156. The first kappa shape index (κ1) is 20.7. The zero-order valence-electron chi connectivity index (χ0n) is 17.1. The maximum atomic E-state index is 12.4. The lowest BCUT2D eigenvalue weighted by Crippen LogP contribution is -2.22. The summed E-state index contributed by atoms with van der Waals surface area (Å²) in [6.45, 7) is 4.84. The number of ether oxygens (including phenoxy) is 1. The van der Waals surface area contributed by atoms with Crippen LogP contribution in [0.3, 0.4) is 0 Å². The van der Waals surface area contributed by atoms with Crippen molar-refractivity contribution in [1.29, 1.82) is 0 Å². The molecule has 6 heteroatoms. The van der Waals surface area contributed by atoms with Gasteiger partial charge in [0.15, 0.2) is 0 Å². The van der Waals surface area contributed by atoms with E-state index >= 15 is 0 Å². The van der Waals surface area contributed by atoms with Gasteiger partial charge in [-0.3, -0.25) is 9.59 Å². The van der Waals surface area contributed by atoms with Gasteiger partial charge in [-0.15, -0.1) is 0 Å². The zero-order valence-corrected chi connectivity index (χ0v) is 17.1. The highest BCUT2D eigenvalue weighted by atomic mass is 16.5. The van der Waals surface area contributed by atoms with Crippen LogP contribution in [0, 0.1) is 12.8 Å². The van der Waals surface area contributed by atoms with Crippen LogP contribution in [0.2, 0.25) is 0 Å². The van der Waals surface area contributed by atoms with Crippen molar-refractivity contribution in [2.45, 2.75) is 39.5 Å². The minimum Gasteiger partial charge on any atom is -0.494 e. The molecule has 0 unspecified atom stereocenters. The van der Waals surface area contributed by atoms with E-state index in [1.807, 2.05) is 49.4 Å².